The molecule has 29 heavy (non-hydrogen) atoms. The number of hydrogen-bond donors (Lipinski definition) is 2. The zero-order valence-electron chi connectivity index (χ0n) is 15.3. The van der Waals surface area contributed by atoms with Crippen LogP contribution in [0.25, 0.3) is 0 Å². The van der Waals surface area contributed by atoms with E-state index < -0.39 is 6.10 Å². The highest BCUT2D eigenvalue weighted by molar-refractivity contribution is 7.99. The van der Waals surface area contributed by atoms with E-state index in [-0.39, 0.29) is 17.6 Å². The second kappa shape index (κ2) is 8.53. The highest BCUT2D eigenvalue weighted by Crippen LogP contribution is 2.35. The molecule has 2 amide bonds. The molecule has 0 radical (unpaired) electrons. The predicted molar refractivity (Wildman–Crippen MR) is 107 cm³/mol. The van der Waals surface area contributed by atoms with Gasteiger partial charge < -0.3 is 14.0 Å². The number of carbonyl (C=O) groups excluding carboxylic acids is 2. The Morgan fingerprint density at radius 1 is 1.21 bits per heavy atom. The zero-order valence-corrected chi connectivity index (χ0v) is 17.0. The second-order valence-corrected chi connectivity index (χ2v) is 7.92. The summed E-state index contributed by atoms with van der Waals surface area (Å²) < 4.78 is 13.4. The Morgan fingerprint density at radius 3 is 2.83 bits per heavy atom. The highest BCUT2D eigenvalue weighted by atomic mass is 32.2. The van der Waals surface area contributed by atoms with Crippen molar-refractivity contribution in [3.05, 3.63) is 52.5 Å². The van der Waals surface area contributed by atoms with Crippen LogP contribution < -0.4 is 20.3 Å². The van der Waals surface area contributed by atoms with Gasteiger partial charge in [-0.25, -0.2) is 0 Å². The molecule has 1 aliphatic heterocycles. The van der Waals surface area contributed by atoms with E-state index in [1.54, 1.807) is 29.1 Å². The summed E-state index contributed by atoms with van der Waals surface area (Å²) in [6.45, 7) is 0.322. The van der Waals surface area contributed by atoms with Gasteiger partial charge in [0.25, 0.3) is 5.91 Å². The number of nitrogens with zero attached hydrogens (tertiary/aromatic N) is 3. The SMILES string of the molecule is Cn1c(SCC(=O)NNC(=O)c2cccs2)nnc1[C@H]1COc2ccccc2O1. The monoisotopic (exact) mass is 431 g/mol. The van der Waals surface area contributed by atoms with Crippen LogP contribution in [0.3, 0.4) is 0 Å². The van der Waals surface area contributed by atoms with E-state index in [1.807, 2.05) is 24.3 Å². The predicted octanol–water partition coefficient (Wildman–Crippen LogP) is 1.94. The lowest BCUT2D eigenvalue weighted by atomic mass is 10.2. The Labute approximate surface area is 174 Å². The van der Waals surface area contributed by atoms with Gasteiger partial charge in [-0.15, -0.1) is 21.5 Å². The minimum Gasteiger partial charge on any atom is -0.485 e. The fourth-order valence-corrected chi connectivity index (χ4v) is 3.98. The number of carbonyl (C=O) groups is 2. The van der Waals surface area contributed by atoms with Crippen molar-refractivity contribution in [2.75, 3.05) is 12.4 Å². The van der Waals surface area contributed by atoms with Gasteiger partial charge in [-0.2, -0.15) is 0 Å². The summed E-state index contributed by atoms with van der Waals surface area (Å²) in [6.07, 6.45) is -0.393. The average molecular weight is 431 g/mol. The molecule has 1 aromatic carbocycles. The molecule has 0 saturated heterocycles. The first-order valence-electron chi connectivity index (χ1n) is 8.65. The largest absolute Gasteiger partial charge is 0.485 e. The molecule has 4 rings (SSSR count). The fourth-order valence-electron chi connectivity index (χ4n) is 2.64. The Hall–Kier alpha value is -3.05. The van der Waals surface area contributed by atoms with Crippen LogP contribution in [-0.2, 0) is 11.8 Å². The molecule has 0 saturated carbocycles. The molecule has 3 aromatic rings. The number of benzene rings is 1. The molecule has 0 aliphatic carbocycles. The van der Waals surface area contributed by atoms with Crippen LogP contribution in [0, 0.1) is 0 Å². The van der Waals surface area contributed by atoms with E-state index in [1.165, 1.54) is 23.1 Å². The van der Waals surface area contributed by atoms with Crippen LogP contribution >= 0.6 is 23.1 Å². The van der Waals surface area contributed by atoms with Crippen LogP contribution in [0.4, 0.5) is 0 Å². The number of thioether (sulfide) groups is 1. The zero-order chi connectivity index (χ0) is 20.2. The molecule has 11 heteroatoms. The normalized spacial score (nSPS) is 15.0. The van der Waals surface area contributed by atoms with E-state index in [4.69, 9.17) is 9.47 Å². The highest BCUT2D eigenvalue weighted by Gasteiger charge is 2.27. The molecule has 1 aliphatic rings. The Kier molecular flexibility index (Phi) is 5.67. The molecule has 3 heterocycles. The second-order valence-electron chi connectivity index (χ2n) is 6.03. The van der Waals surface area contributed by atoms with Gasteiger partial charge >= 0.3 is 0 Å². The topological polar surface area (TPSA) is 107 Å². The van der Waals surface area contributed by atoms with E-state index in [0.717, 1.165) is 0 Å². The van der Waals surface area contributed by atoms with Crippen LogP contribution in [0.15, 0.2) is 46.9 Å². The summed E-state index contributed by atoms with van der Waals surface area (Å²) in [7, 11) is 1.80. The van der Waals surface area contributed by atoms with Crippen LogP contribution in [0.5, 0.6) is 11.5 Å². The van der Waals surface area contributed by atoms with Gasteiger partial charge in [0.1, 0.15) is 6.61 Å². The standard InChI is InChI=1S/C18H17N5O4S2/c1-23-16(13-9-26-11-5-2-3-6-12(11)27-13)20-22-18(23)29-10-15(24)19-21-17(25)14-7-4-8-28-14/h2-8,13H,9-10H2,1H3,(H,19,24)(H,21,25)/t13-/m1/s1. The molecule has 150 valence electrons. The number of hydrogen-bond acceptors (Lipinski definition) is 8. The van der Waals surface area contributed by atoms with Gasteiger partial charge in [-0.05, 0) is 23.6 Å². The minimum absolute atomic E-state index is 0.0710. The Bertz CT molecular complexity index is 1020. The van der Waals surface area contributed by atoms with Crippen LogP contribution in [-0.4, -0.2) is 38.9 Å². The van der Waals surface area contributed by atoms with Gasteiger partial charge in [0.15, 0.2) is 28.6 Å². The van der Waals surface area contributed by atoms with Crippen molar-refractivity contribution in [3.8, 4) is 11.5 Å². The first-order chi connectivity index (χ1) is 14.1. The molecule has 9 nitrogen and oxygen atoms in total. The van der Waals surface area contributed by atoms with Crippen molar-refractivity contribution in [2.24, 2.45) is 7.05 Å². The molecule has 2 aromatic heterocycles. The minimum atomic E-state index is -0.393. The molecule has 0 bridgehead atoms. The maximum absolute atomic E-state index is 12.0. The molecule has 0 fully saturated rings. The lowest BCUT2D eigenvalue weighted by Gasteiger charge is -2.25. The van der Waals surface area contributed by atoms with Crippen molar-refractivity contribution in [1.29, 1.82) is 0 Å². The molecule has 0 unspecified atom stereocenters. The molecule has 2 N–H and O–H groups in total. The van der Waals surface area contributed by atoms with Gasteiger partial charge in [0.05, 0.1) is 10.6 Å². The summed E-state index contributed by atoms with van der Waals surface area (Å²) in [5.74, 6) is 1.32. The smallest absolute Gasteiger partial charge is 0.279 e. The third-order valence-corrected chi connectivity index (χ3v) is 5.95. The number of para-hydroxylation sites is 2. The first-order valence-corrected chi connectivity index (χ1v) is 10.5. The average Bonchev–Trinajstić information content (AvgIpc) is 3.40. The van der Waals surface area contributed by atoms with E-state index in [0.29, 0.717) is 34.0 Å². The number of rotatable bonds is 5. The van der Waals surface area contributed by atoms with E-state index >= 15 is 0 Å². The first kappa shape index (κ1) is 19.3. The quantitative estimate of drug-likeness (QED) is 0.470. The molecule has 1 atom stereocenters. The number of aromatic nitrogens is 3. The number of fused-ring (bicyclic) bond motifs is 1. The lowest BCUT2D eigenvalue weighted by molar-refractivity contribution is -0.119. The lowest BCUT2D eigenvalue weighted by Crippen LogP contribution is -2.42. The number of ether oxygens (including phenoxy) is 2. The van der Waals surface area contributed by atoms with Gasteiger partial charge in [-0.3, -0.25) is 20.4 Å². The van der Waals surface area contributed by atoms with E-state index in [2.05, 4.69) is 21.0 Å². The molecule has 0 spiro atoms. The number of amides is 2. The van der Waals surface area contributed by atoms with Crippen molar-refractivity contribution < 1.29 is 19.1 Å². The summed E-state index contributed by atoms with van der Waals surface area (Å²) in [4.78, 5) is 24.4. The maximum Gasteiger partial charge on any atom is 0.279 e. The van der Waals surface area contributed by atoms with Crippen molar-refractivity contribution in [3.63, 3.8) is 0 Å². The third-order valence-electron chi connectivity index (χ3n) is 4.06. The van der Waals surface area contributed by atoms with Crippen molar-refractivity contribution in [1.82, 2.24) is 25.6 Å². The summed E-state index contributed by atoms with van der Waals surface area (Å²) in [5.41, 5.74) is 4.77. The molecular weight excluding hydrogens is 414 g/mol. The summed E-state index contributed by atoms with van der Waals surface area (Å²) in [5, 5.41) is 10.7. The maximum atomic E-state index is 12.0. The number of nitrogens with one attached hydrogen (secondary N) is 2. The third kappa shape index (κ3) is 4.35. The Morgan fingerprint density at radius 2 is 2.03 bits per heavy atom. The van der Waals surface area contributed by atoms with Crippen molar-refractivity contribution >= 4 is 34.9 Å². The van der Waals surface area contributed by atoms with Gasteiger partial charge in [0.2, 0.25) is 5.91 Å². The van der Waals surface area contributed by atoms with Crippen LogP contribution in [0.1, 0.15) is 21.6 Å². The van der Waals surface area contributed by atoms with Gasteiger partial charge in [0, 0.05) is 7.05 Å². The number of thiophene rings is 1. The Balaban J connectivity index is 1.31. The summed E-state index contributed by atoms with van der Waals surface area (Å²) >= 11 is 2.50. The van der Waals surface area contributed by atoms with Crippen molar-refractivity contribution in [2.45, 2.75) is 11.3 Å². The summed E-state index contributed by atoms with van der Waals surface area (Å²) in [6, 6.07) is 10.9. The molecular formula is C18H17N5O4S2. The van der Waals surface area contributed by atoms with Crippen LogP contribution in [0.2, 0.25) is 0 Å². The number of hydrazine groups is 1. The van der Waals surface area contributed by atoms with E-state index in [9.17, 15) is 9.59 Å². The fraction of sp³-hybridized carbons (Fsp3) is 0.222. The van der Waals surface area contributed by atoms with Gasteiger partial charge in [-0.1, -0.05) is 30.0 Å².